The van der Waals surface area contributed by atoms with Gasteiger partial charge in [-0.15, -0.1) is 0 Å². The summed E-state index contributed by atoms with van der Waals surface area (Å²) in [6, 6.07) is 8.50. The van der Waals surface area contributed by atoms with Crippen LogP contribution in [0.2, 0.25) is 0 Å². The fourth-order valence-electron chi connectivity index (χ4n) is 4.35. The minimum absolute atomic E-state index is 0.0223. The molecule has 0 atom stereocenters. The number of amides is 2. The quantitative estimate of drug-likeness (QED) is 0.658. The van der Waals surface area contributed by atoms with Crippen molar-refractivity contribution in [2.45, 2.75) is 36.6 Å². The Hall–Kier alpha value is -2.48. The molecule has 3 aliphatic rings. The zero-order chi connectivity index (χ0) is 22.7. The number of hydrogen-bond acceptors (Lipinski definition) is 6. The Labute approximate surface area is 189 Å². The summed E-state index contributed by atoms with van der Waals surface area (Å²) in [5.74, 6) is -0.0715. The topological polar surface area (TPSA) is 114 Å². The molecule has 1 saturated carbocycles. The number of nitrogens with zero attached hydrogens (tertiary/aromatic N) is 4. The van der Waals surface area contributed by atoms with Crippen molar-refractivity contribution in [2.24, 2.45) is 5.92 Å². The third kappa shape index (κ3) is 5.11. The lowest BCUT2D eigenvalue weighted by Crippen LogP contribution is -2.53. The van der Waals surface area contributed by atoms with Gasteiger partial charge in [-0.25, -0.2) is 8.42 Å². The zero-order valence-electron chi connectivity index (χ0n) is 18.1. The average Bonchev–Trinajstić information content (AvgIpc) is 3.63. The molecule has 1 aliphatic carbocycles. The van der Waals surface area contributed by atoms with Crippen molar-refractivity contribution in [1.29, 1.82) is 5.26 Å². The Morgan fingerprint density at radius 2 is 1.66 bits per heavy atom. The molecule has 1 aromatic carbocycles. The third-order valence-electron chi connectivity index (χ3n) is 6.42. The van der Waals surface area contributed by atoms with Crippen molar-refractivity contribution in [3.05, 3.63) is 29.8 Å². The van der Waals surface area contributed by atoms with Crippen molar-refractivity contribution in [3.63, 3.8) is 0 Å². The van der Waals surface area contributed by atoms with Gasteiger partial charge < -0.3 is 10.2 Å². The predicted octanol–water partition coefficient (Wildman–Crippen LogP) is 0.382. The fourth-order valence-corrected chi connectivity index (χ4v) is 5.97. The van der Waals surface area contributed by atoms with E-state index in [1.54, 1.807) is 12.1 Å². The van der Waals surface area contributed by atoms with Crippen LogP contribution in [-0.2, 0) is 19.6 Å². The van der Waals surface area contributed by atoms with Crippen LogP contribution in [0.4, 0.5) is 0 Å². The molecule has 172 valence electrons. The van der Waals surface area contributed by atoms with Gasteiger partial charge in [0.2, 0.25) is 21.8 Å². The first-order valence-electron chi connectivity index (χ1n) is 11.2. The molecule has 32 heavy (non-hydrogen) atoms. The third-order valence-corrected chi connectivity index (χ3v) is 8.38. The van der Waals surface area contributed by atoms with Crippen LogP contribution in [-0.4, -0.2) is 86.2 Å². The van der Waals surface area contributed by atoms with Gasteiger partial charge in [0.15, 0.2) is 0 Å². The maximum atomic E-state index is 13.0. The predicted molar refractivity (Wildman–Crippen MR) is 117 cm³/mol. The maximum Gasteiger partial charge on any atom is 0.244 e. The van der Waals surface area contributed by atoms with Crippen LogP contribution >= 0.6 is 0 Å². The standard InChI is InChI=1S/C22H29N5O4S/c23-15-18-3-1-2-4-20(18)32(30,31)27-9-7-17(8-10-27)22(29)26-13-11-25(12-14-26)16-21(28)24-19-5-6-19/h1-4,17,19H,5-14,16H2,(H,24,28). The van der Waals surface area contributed by atoms with Crippen molar-refractivity contribution >= 4 is 21.8 Å². The number of carbonyl (C=O) groups is 2. The molecule has 4 rings (SSSR count). The van der Waals surface area contributed by atoms with Crippen LogP contribution in [0, 0.1) is 17.2 Å². The van der Waals surface area contributed by atoms with Crippen LogP contribution in [0.3, 0.4) is 0 Å². The van der Waals surface area contributed by atoms with E-state index in [9.17, 15) is 23.3 Å². The second kappa shape index (κ2) is 9.57. The number of piperidine rings is 1. The largest absolute Gasteiger partial charge is 0.352 e. The van der Waals surface area contributed by atoms with E-state index in [2.05, 4.69) is 10.2 Å². The van der Waals surface area contributed by atoms with Crippen molar-refractivity contribution < 1.29 is 18.0 Å². The second-order valence-corrected chi connectivity index (χ2v) is 10.6. The summed E-state index contributed by atoms with van der Waals surface area (Å²) in [6.07, 6.45) is 3.07. The van der Waals surface area contributed by atoms with Gasteiger partial charge >= 0.3 is 0 Å². The molecule has 3 fully saturated rings. The Balaban J connectivity index is 1.27. The molecule has 2 saturated heterocycles. The minimum atomic E-state index is -3.76. The Morgan fingerprint density at radius 3 is 2.28 bits per heavy atom. The average molecular weight is 460 g/mol. The first-order chi connectivity index (χ1) is 15.4. The monoisotopic (exact) mass is 459 g/mol. The Bertz CT molecular complexity index is 1000. The summed E-state index contributed by atoms with van der Waals surface area (Å²) < 4.78 is 27.3. The molecule has 9 nitrogen and oxygen atoms in total. The number of nitrogens with one attached hydrogen (secondary N) is 1. The maximum absolute atomic E-state index is 13.0. The SMILES string of the molecule is N#Cc1ccccc1S(=O)(=O)N1CCC(C(=O)N2CCN(CC(=O)NC3CC3)CC2)CC1. The first kappa shape index (κ1) is 22.7. The van der Waals surface area contributed by atoms with E-state index in [1.165, 1.54) is 16.4 Å². The van der Waals surface area contributed by atoms with Crippen LogP contribution in [0.1, 0.15) is 31.2 Å². The molecule has 2 amide bonds. The number of rotatable bonds is 6. The number of benzene rings is 1. The normalized spacial score (nSPS) is 21.2. The van der Waals surface area contributed by atoms with Gasteiger partial charge in [0.1, 0.15) is 6.07 Å². The van der Waals surface area contributed by atoms with E-state index in [-0.39, 0.29) is 41.3 Å². The minimum Gasteiger partial charge on any atom is -0.352 e. The summed E-state index contributed by atoms with van der Waals surface area (Å²) in [6.45, 7) is 3.41. The van der Waals surface area contributed by atoms with Gasteiger partial charge in [-0.1, -0.05) is 12.1 Å². The Morgan fingerprint density at radius 1 is 1.00 bits per heavy atom. The fraction of sp³-hybridized carbons (Fsp3) is 0.591. The van der Waals surface area contributed by atoms with Crippen LogP contribution < -0.4 is 5.32 Å². The summed E-state index contributed by atoms with van der Waals surface area (Å²) in [5, 5.41) is 12.2. The van der Waals surface area contributed by atoms with E-state index in [0.717, 1.165) is 12.8 Å². The van der Waals surface area contributed by atoms with Crippen molar-refractivity contribution in [2.75, 3.05) is 45.8 Å². The van der Waals surface area contributed by atoms with Gasteiger partial charge in [0.25, 0.3) is 0 Å². The molecular formula is C22H29N5O4S. The molecule has 10 heteroatoms. The number of hydrogen-bond donors (Lipinski definition) is 1. The molecule has 0 unspecified atom stereocenters. The first-order valence-corrected chi connectivity index (χ1v) is 12.6. The van der Waals surface area contributed by atoms with E-state index in [0.29, 0.717) is 51.6 Å². The van der Waals surface area contributed by atoms with Crippen LogP contribution in [0.25, 0.3) is 0 Å². The Kier molecular flexibility index (Phi) is 6.79. The van der Waals surface area contributed by atoms with E-state index >= 15 is 0 Å². The summed E-state index contributed by atoms with van der Waals surface area (Å²) in [5.41, 5.74) is 0.134. The molecule has 0 bridgehead atoms. The molecule has 2 aliphatic heterocycles. The summed E-state index contributed by atoms with van der Waals surface area (Å²) in [4.78, 5) is 28.9. The van der Waals surface area contributed by atoms with Gasteiger partial charge in [0, 0.05) is 51.2 Å². The smallest absolute Gasteiger partial charge is 0.244 e. The molecule has 0 spiro atoms. The number of carbonyl (C=O) groups excluding carboxylic acids is 2. The summed E-state index contributed by atoms with van der Waals surface area (Å²) >= 11 is 0. The molecule has 2 heterocycles. The second-order valence-electron chi connectivity index (χ2n) is 8.73. The lowest BCUT2D eigenvalue weighted by molar-refractivity contribution is -0.138. The zero-order valence-corrected chi connectivity index (χ0v) is 18.9. The van der Waals surface area contributed by atoms with E-state index in [4.69, 9.17) is 0 Å². The number of nitriles is 1. The van der Waals surface area contributed by atoms with Gasteiger partial charge in [0.05, 0.1) is 17.0 Å². The lowest BCUT2D eigenvalue weighted by Gasteiger charge is -2.38. The van der Waals surface area contributed by atoms with Gasteiger partial charge in [-0.05, 0) is 37.8 Å². The summed E-state index contributed by atoms with van der Waals surface area (Å²) in [7, 11) is -3.76. The molecule has 0 radical (unpaired) electrons. The van der Waals surface area contributed by atoms with Gasteiger partial charge in [-0.2, -0.15) is 9.57 Å². The highest BCUT2D eigenvalue weighted by molar-refractivity contribution is 7.89. The van der Waals surface area contributed by atoms with E-state index < -0.39 is 10.0 Å². The molecule has 1 N–H and O–H groups in total. The highest BCUT2D eigenvalue weighted by Gasteiger charge is 2.35. The number of sulfonamides is 1. The molecule has 0 aromatic heterocycles. The van der Waals surface area contributed by atoms with E-state index in [1.807, 2.05) is 11.0 Å². The van der Waals surface area contributed by atoms with Crippen molar-refractivity contribution in [3.8, 4) is 6.07 Å². The van der Waals surface area contributed by atoms with Crippen molar-refractivity contribution in [1.82, 2.24) is 19.4 Å². The highest BCUT2D eigenvalue weighted by atomic mass is 32.2. The molecular weight excluding hydrogens is 430 g/mol. The number of piperazine rings is 1. The highest BCUT2D eigenvalue weighted by Crippen LogP contribution is 2.27. The van der Waals surface area contributed by atoms with Crippen LogP contribution in [0.15, 0.2) is 29.2 Å². The molecule has 1 aromatic rings. The van der Waals surface area contributed by atoms with Gasteiger partial charge in [-0.3, -0.25) is 14.5 Å². The van der Waals surface area contributed by atoms with Crippen LogP contribution in [0.5, 0.6) is 0 Å². The lowest BCUT2D eigenvalue weighted by atomic mass is 9.96.